The van der Waals surface area contributed by atoms with Gasteiger partial charge in [0.1, 0.15) is 0 Å². The van der Waals surface area contributed by atoms with Gasteiger partial charge in [-0.1, -0.05) is 18.2 Å². The van der Waals surface area contributed by atoms with Gasteiger partial charge in [-0.3, -0.25) is 9.59 Å². The highest BCUT2D eigenvalue weighted by Gasteiger charge is 2.41. The number of nitrogens with zero attached hydrogens (tertiary/aromatic N) is 2. The zero-order valence-corrected chi connectivity index (χ0v) is 15.7. The average Bonchev–Trinajstić information content (AvgIpc) is 3.13. The Hall–Kier alpha value is -3.63. The summed E-state index contributed by atoms with van der Waals surface area (Å²) in [5.41, 5.74) is -3.81. The third-order valence-corrected chi connectivity index (χ3v) is 4.23. The standard InChI is InChI=1S/C20H13F6N3O2/c1-11(30)12-4-2-6-14(8-12)28-18(31)16-10-27-29(17(16)20(24,25)26)15-7-3-5-13(9-15)19(21,22)23/h2-10H,1H3,(H,28,31). The molecule has 0 fully saturated rings. The van der Waals surface area contributed by atoms with Crippen LogP contribution in [-0.2, 0) is 12.4 Å². The normalized spacial score (nSPS) is 12.0. The molecule has 1 N–H and O–H groups in total. The number of benzene rings is 2. The lowest BCUT2D eigenvalue weighted by Crippen LogP contribution is -2.21. The minimum absolute atomic E-state index is 0.0673. The SMILES string of the molecule is CC(=O)c1cccc(NC(=O)c2cnn(-c3cccc(C(F)(F)F)c3)c2C(F)(F)F)c1. The van der Waals surface area contributed by atoms with Crippen LogP contribution in [-0.4, -0.2) is 21.5 Å². The van der Waals surface area contributed by atoms with Crippen molar-refractivity contribution in [2.24, 2.45) is 0 Å². The van der Waals surface area contributed by atoms with Crippen LogP contribution >= 0.6 is 0 Å². The summed E-state index contributed by atoms with van der Waals surface area (Å²) in [5.74, 6) is -1.50. The summed E-state index contributed by atoms with van der Waals surface area (Å²) in [7, 11) is 0. The number of carbonyl (C=O) groups excluding carboxylic acids is 2. The van der Waals surface area contributed by atoms with Gasteiger partial charge in [0.25, 0.3) is 5.91 Å². The van der Waals surface area contributed by atoms with Crippen molar-refractivity contribution >= 4 is 17.4 Å². The molecule has 11 heteroatoms. The Morgan fingerprint density at radius 1 is 0.935 bits per heavy atom. The van der Waals surface area contributed by atoms with Crippen molar-refractivity contribution in [1.82, 2.24) is 9.78 Å². The fourth-order valence-corrected chi connectivity index (χ4v) is 2.81. The second kappa shape index (κ2) is 7.89. The highest BCUT2D eigenvalue weighted by Crippen LogP contribution is 2.35. The van der Waals surface area contributed by atoms with Gasteiger partial charge >= 0.3 is 12.4 Å². The van der Waals surface area contributed by atoms with Gasteiger partial charge in [0.2, 0.25) is 0 Å². The minimum atomic E-state index is -5.10. The Morgan fingerprint density at radius 2 is 1.61 bits per heavy atom. The molecule has 31 heavy (non-hydrogen) atoms. The van der Waals surface area contributed by atoms with Crippen LogP contribution in [0.5, 0.6) is 0 Å². The summed E-state index contributed by atoms with van der Waals surface area (Å²) in [4.78, 5) is 23.9. The highest BCUT2D eigenvalue weighted by atomic mass is 19.4. The molecule has 0 aliphatic heterocycles. The fourth-order valence-electron chi connectivity index (χ4n) is 2.81. The molecular formula is C20H13F6N3O2. The van der Waals surface area contributed by atoms with Crippen LogP contribution in [0.25, 0.3) is 5.69 Å². The first-order valence-corrected chi connectivity index (χ1v) is 8.63. The second-order valence-electron chi connectivity index (χ2n) is 6.46. The fraction of sp³-hybridized carbons (Fsp3) is 0.150. The van der Waals surface area contributed by atoms with Crippen LogP contribution in [0.3, 0.4) is 0 Å². The molecule has 0 atom stereocenters. The van der Waals surface area contributed by atoms with E-state index in [1.165, 1.54) is 31.2 Å². The van der Waals surface area contributed by atoms with E-state index in [1.807, 2.05) is 0 Å². The van der Waals surface area contributed by atoms with E-state index < -0.39 is 40.8 Å². The van der Waals surface area contributed by atoms with E-state index in [9.17, 15) is 35.9 Å². The number of halogens is 6. The quantitative estimate of drug-likeness (QED) is 0.438. The van der Waals surface area contributed by atoms with Gasteiger partial charge in [-0.2, -0.15) is 31.4 Å². The predicted molar refractivity (Wildman–Crippen MR) is 98.0 cm³/mol. The minimum Gasteiger partial charge on any atom is -0.322 e. The van der Waals surface area contributed by atoms with Crippen LogP contribution in [0, 0.1) is 0 Å². The van der Waals surface area contributed by atoms with E-state index in [4.69, 9.17) is 0 Å². The van der Waals surface area contributed by atoms with Gasteiger partial charge in [-0.05, 0) is 37.3 Å². The number of carbonyl (C=O) groups is 2. The Labute approximate surface area is 171 Å². The summed E-state index contributed by atoms with van der Waals surface area (Å²) >= 11 is 0. The molecule has 0 radical (unpaired) electrons. The molecule has 0 saturated heterocycles. The molecule has 1 amide bonds. The van der Waals surface area contributed by atoms with Gasteiger partial charge in [0.05, 0.1) is 23.0 Å². The number of alkyl halides is 6. The molecule has 5 nitrogen and oxygen atoms in total. The number of rotatable bonds is 4. The monoisotopic (exact) mass is 441 g/mol. The molecule has 0 bridgehead atoms. The maximum Gasteiger partial charge on any atom is 0.434 e. The van der Waals surface area contributed by atoms with Crippen LogP contribution in [0.2, 0.25) is 0 Å². The topological polar surface area (TPSA) is 64.0 Å². The van der Waals surface area contributed by atoms with Crippen LogP contribution in [0.1, 0.15) is 38.9 Å². The molecule has 0 unspecified atom stereocenters. The number of amides is 1. The number of hydrogen-bond acceptors (Lipinski definition) is 3. The first-order chi connectivity index (χ1) is 14.4. The first kappa shape index (κ1) is 22.1. The lowest BCUT2D eigenvalue weighted by Gasteiger charge is -2.14. The largest absolute Gasteiger partial charge is 0.434 e. The maximum absolute atomic E-state index is 13.7. The Bertz CT molecular complexity index is 1150. The number of hydrogen-bond donors (Lipinski definition) is 1. The number of nitrogens with one attached hydrogen (secondary N) is 1. The number of Topliss-reactive ketones (excluding diaryl/α,β-unsaturated/α-hetero) is 1. The van der Waals surface area contributed by atoms with Crippen molar-refractivity contribution in [3.8, 4) is 5.69 Å². The van der Waals surface area contributed by atoms with E-state index in [0.29, 0.717) is 18.3 Å². The summed E-state index contributed by atoms with van der Waals surface area (Å²) in [6.45, 7) is 1.28. The van der Waals surface area contributed by atoms with Crippen molar-refractivity contribution in [3.05, 3.63) is 77.1 Å². The van der Waals surface area contributed by atoms with Crippen molar-refractivity contribution in [1.29, 1.82) is 0 Å². The van der Waals surface area contributed by atoms with Crippen LogP contribution in [0.4, 0.5) is 32.0 Å². The molecule has 1 aromatic heterocycles. The van der Waals surface area contributed by atoms with Crippen molar-refractivity contribution in [3.63, 3.8) is 0 Å². The van der Waals surface area contributed by atoms with Crippen molar-refractivity contribution in [2.45, 2.75) is 19.3 Å². The lowest BCUT2D eigenvalue weighted by atomic mass is 10.1. The summed E-state index contributed by atoms with van der Waals surface area (Å²) < 4.78 is 80.2. The van der Waals surface area contributed by atoms with E-state index in [-0.39, 0.29) is 21.7 Å². The number of anilines is 1. The third kappa shape index (κ3) is 4.76. The average molecular weight is 441 g/mol. The van der Waals surface area contributed by atoms with Crippen LogP contribution < -0.4 is 5.32 Å². The molecule has 3 rings (SSSR count). The molecule has 162 valence electrons. The van der Waals surface area contributed by atoms with Crippen molar-refractivity contribution < 1.29 is 35.9 Å². The number of aromatic nitrogens is 2. The van der Waals surface area contributed by atoms with Gasteiger partial charge in [0.15, 0.2) is 11.5 Å². The molecule has 0 spiro atoms. The Morgan fingerprint density at radius 3 is 2.23 bits per heavy atom. The lowest BCUT2D eigenvalue weighted by molar-refractivity contribution is -0.143. The molecule has 3 aromatic rings. The zero-order valence-electron chi connectivity index (χ0n) is 15.7. The Kier molecular flexibility index (Phi) is 5.62. The molecule has 0 aliphatic rings. The van der Waals surface area contributed by atoms with Crippen LogP contribution in [0.15, 0.2) is 54.7 Å². The summed E-state index contributed by atoms with van der Waals surface area (Å²) in [6.07, 6.45) is -9.25. The van der Waals surface area contributed by atoms with E-state index >= 15 is 0 Å². The first-order valence-electron chi connectivity index (χ1n) is 8.63. The van der Waals surface area contributed by atoms with E-state index in [2.05, 4.69) is 10.4 Å². The van der Waals surface area contributed by atoms with E-state index in [1.54, 1.807) is 0 Å². The van der Waals surface area contributed by atoms with Gasteiger partial charge in [-0.25, -0.2) is 4.68 Å². The molecular weight excluding hydrogens is 428 g/mol. The third-order valence-electron chi connectivity index (χ3n) is 4.23. The summed E-state index contributed by atoms with van der Waals surface area (Å²) in [5, 5.41) is 5.74. The predicted octanol–water partition coefficient (Wildman–Crippen LogP) is 5.36. The summed E-state index contributed by atoms with van der Waals surface area (Å²) in [6, 6.07) is 8.70. The molecule has 1 heterocycles. The number of ketones is 1. The zero-order chi connectivity index (χ0) is 23.0. The van der Waals surface area contributed by atoms with Gasteiger partial charge < -0.3 is 5.32 Å². The smallest absolute Gasteiger partial charge is 0.322 e. The molecule has 2 aromatic carbocycles. The molecule has 0 saturated carbocycles. The van der Waals surface area contributed by atoms with Gasteiger partial charge in [-0.15, -0.1) is 0 Å². The molecule has 0 aliphatic carbocycles. The second-order valence-corrected chi connectivity index (χ2v) is 6.46. The highest BCUT2D eigenvalue weighted by molar-refractivity contribution is 6.06. The maximum atomic E-state index is 13.7. The van der Waals surface area contributed by atoms with E-state index in [0.717, 1.165) is 12.1 Å². The Balaban J connectivity index is 2.04. The van der Waals surface area contributed by atoms with Gasteiger partial charge in [0, 0.05) is 11.3 Å². The van der Waals surface area contributed by atoms with Crippen molar-refractivity contribution in [2.75, 3.05) is 5.32 Å².